The van der Waals surface area contributed by atoms with Crippen molar-refractivity contribution in [2.24, 2.45) is 0 Å². The third-order valence-electron chi connectivity index (χ3n) is 3.08. The average molecular weight is 211 g/mol. The molecule has 0 radical (unpaired) electrons. The van der Waals surface area contributed by atoms with E-state index in [9.17, 15) is 9.59 Å². The lowest BCUT2D eigenvalue weighted by atomic mass is 9.95. The van der Waals surface area contributed by atoms with Gasteiger partial charge >= 0.3 is 5.97 Å². The summed E-state index contributed by atoms with van der Waals surface area (Å²) in [6, 6.07) is 0.349. The first-order valence-corrected chi connectivity index (χ1v) is 5.73. The van der Waals surface area contributed by atoms with Gasteiger partial charge in [0, 0.05) is 6.04 Å². The van der Waals surface area contributed by atoms with Gasteiger partial charge in [0.05, 0.1) is 12.8 Å². The zero-order chi connectivity index (χ0) is 10.7. The van der Waals surface area contributed by atoms with Crippen molar-refractivity contribution in [1.29, 1.82) is 0 Å². The molecule has 2 aliphatic rings. The van der Waals surface area contributed by atoms with E-state index in [0.29, 0.717) is 18.9 Å². The summed E-state index contributed by atoms with van der Waals surface area (Å²) in [5, 5.41) is 3.00. The zero-order valence-corrected chi connectivity index (χ0v) is 8.83. The first-order valence-electron chi connectivity index (χ1n) is 5.73. The summed E-state index contributed by atoms with van der Waals surface area (Å²) in [5.74, 6) is -0.162. The first kappa shape index (κ1) is 10.5. The molecule has 1 unspecified atom stereocenters. The SMILES string of the molecule is O=C(CC1CC(=O)O1)NC1CCCCC1. The molecule has 1 amide bonds. The van der Waals surface area contributed by atoms with Crippen molar-refractivity contribution in [3.05, 3.63) is 0 Å². The maximum Gasteiger partial charge on any atom is 0.309 e. The van der Waals surface area contributed by atoms with Gasteiger partial charge in [0.15, 0.2) is 0 Å². The van der Waals surface area contributed by atoms with Gasteiger partial charge in [-0.3, -0.25) is 9.59 Å². The number of cyclic esters (lactones) is 1. The normalized spacial score (nSPS) is 26.7. The van der Waals surface area contributed by atoms with Crippen LogP contribution in [0.1, 0.15) is 44.9 Å². The van der Waals surface area contributed by atoms with Crippen LogP contribution in [0.2, 0.25) is 0 Å². The highest BCUT2D eigenvalue weighted by Crippen LogP contribution is 2.19. The summed E-state index contributed by atoms with van der Waals surface area (Å²) in [6.07, 6.45) is 6.47. The Hall–Kier alpha value is -1.06. The summed E-state index contributed by atoms with van der Waals surface area (Å²) in [4.78, 5) is 22.0. The van der Waals surface area contributed by atoms with Crippen molar-refractivity contribution in [3.63, 3.8) is 0 Å². The molecule has 4 nitrogen and oxygen atoms in total. The molecule has 0 spiro atoms. The summed E-state index contributed by atoms with van der Waals surface area (Å²) in [5.41, 5.74) is 0. The van der Waals surface area contributed by atoms with E-state index < -0.39 is 0 Å². The number of ether oxygens (including phenoxy) is 1. The number of carbonyl (C=O) groups excluding carboxylic acids is 2. The monoisotopic (exact) mass is 211 g/mol. The fourth-order valence-electron chi connectivity index (χ4n) is 2.22. The molecule has 0 aromatic rings. The quantitative estimate of drug-likeness (QED) is 0.712. The molecule has 1 aliphatic carbocycles. The molecule has 2 fully saturated rings. The lowest BCUT2D eigenvalue weighted by Gasteiger charge is -2.27. The largest absolute Gasteiger partial charge is 0.461 e. The van der Waals surface area contributed by atoms with Gasteiger partial charge in [0.25, 0.3) is 0 Å². The van der Waals surface area contributed by atoms with E-state index in [-0.39, 0.29) is 18.0 Å². The van der Waals surface area contributed by atoms with E-state index in [1.165, 1.54) is 19.3 Å². The van der Waals surface area contributed by atoms with Crippen molar-refractivity contribution >= 4 is 11.9 Å². The third kappa shape index (κ3) is 2.94. The minimum atomic E-state index is -0.189. The highest BCUT2D eigenvalue weighted by molar-refractivity contribution is 5.81. The zero-order valence-electron chi connectivity index (χ0n) is 8.83. The highest BCUT2D eigenvalue weighted by atomic mass is 16.6. The van der Waals surface area contributed by atoms with Crippen LogP contribution in [-0.4, -0.2) is 24.0 Å². The molecule has 1 saturated heterocycles. The van der Waals surface area contributed by atoms with Gasteiger partial charge in [-0.15, -0.1) is 0 Å². The lowest BCUT2D eigenvalue weighted by molar-refractivity contribution is -0.170. The predicted molar refractivity (Wildman–Crippen MR) is 54.1 cm³/mol. The molecule has 1 atom stereocenters. The molecule has 2 rings (SSSR count). The maximum atomic E-state index is 11.5. The van der Waals surface area contributed by atoms with Crippen LogP contribution in [-0.2, 0) is 14.3 Å². The molecule has 1 saturated carbocycles. The third-order valence-corrected chi connectivity index (χ3v) is 3.08. The van der Waals surface area contributed by atoms with E-state index in [4.69, 9.17) is 4.74 Å². The van der Waals surface area contributed by atoms with E-state index in [1.54, 1.807) is 0 Å². The van der Waals surface area contributed by atoms with Crippen LogP contribution in [0.5, 0.6) is 0 Å². The fourth-order valence-corrected chi connectivity index (χ4v) is 2.22. The molecule has 15 heavy (non-hydrogen) atoms. The predicted octanol–water partition coefficient (Wildman–Crippen LogP) is 1.14. The van der Waals surface area contributed by atoms with E-state index in [0.717, 1.165) is 12.8 Å². The minimum absolute atomic E-state index is 0.0272. The van der Waals surface area contributed by atoms with Gasteiger partial charge in [0.2, 0.25) is 5.91 Å². The topological polar surface area (TPSA) is 55.4 Å². The number of hydrogen-bond donors (Lipinski definition) is 1. The molecular formula is C11H17NO3. The van der Waals surface area contributed by atoms with Crippen molar-refractivity contribution in [1.82, 2.24) is 5.32 Å². The Labute approximate surface area is 89.4 Å². The molecule has 4 heteroatoms. The molecule has 1 aliphatic heterocycles. The Morgan fingerprint density at radius 1 is 1.33 bits per heavy atom. The second kappa shape index (κ2) is 4.64. The Balaban J connectivity index is 1.65. The van der Waals surface area contributed by atoms with Crippen LogP contribution >= 0.6 is 0 Å². The Morgan fingerprint density at radius 2 is 2.00 bits per heavy atom. The number of nitrogens with one attached hydrogen (secondary N) is 1. The average Bonchev–Trinajstić information content (AvgIpc) is 2.17. The van der Waals surface area contributed by atoms with Gasteiger partial charge in [-0.25, -0.2) is 0 Å². The first-order chi connectivity index (χ1) is 7.24. The molecule has 0 aromatic carbocycles. The minimum Gasteiger partial charge on any atom is -0.461 e. The van der Waals surface area contributed by atoms with Gasteiger partial charge in [-0.1, -0.05) is 19.3 Å². The van der Waals surface area contributed by atoms with Gasteiger partial charge in [0.1, 0.15) is 6.10 Å². The number of amides is 1. The Morgan fingerprint density at radius 3 is 2.60 bits per heavy atom. The standard InChI is InChI=1S/C11H17NO3/c13-10(6-9-7-11(14)15-9)12-8-4-2-1-3-5-8/h8-9H,1-7H2,(H,12,13). The van der Waals surface area contributed by atoms with E-state index >= 15 is 0 Å². The summed E-state index contributed by atoms with van der Waals surface area (Å²) in [7, 11) is 0. The second-order valence-corrected chi connectivity index (χ2v) is 4.42. The van der Waals surface area contributed by atoms with Crippen molar-refractivity contribution < 1.29 is 14.3 Å². The summed E-state index contributed by atoms with van der Waals surface area (Å²) >= 11 is 0. The lowest BCUT2D eigenvalue weighted by Crippen LogP contribution is -2.41. The molecule has 84 valence electrons. The van der Waals surface area contributed by atoms with E-state index in [1.807, 2.05) is 0 Å². The Kier molecular flexibility index (Phi) is 3.23. The van der Waals surface area contributed by atoms with Gasteiger partial charge < -0.3 is 10.1 Å². The van der Waals surface area contributed by atoms with Crippen LogP contribution in [0.3, 0.4) is 0 Å². The van der Waals surface area contributed by atoms with E-state index in [2.05, 4.69) is 5.32 Å². The van der Waals surface area contributed by atoms with Crippen molar-refractivity contribution in [2.45, 2.75) is 57.1 Å². The fraction of sp³-hybridized carbons (Fsp3) is 0.818. The highest BCUT2D eigenvalue weighted by Gasteiger charge is 2.30. The maximum absolute atomic E-state index is 11.5. The molecule has 0 aromatic heterocycles. The van der Waals surface area contributed by atoms with Crippen molar-refractivity contribution in [3.8, 4) is 0 Å². The van der Waals surface area contributed by atoms with Crippen LogP contribution < -0.4 is 5.32 Å². The van der Waals surface area contributed by atoms with Gasteiger partial charge in [-0.2, -0.15) is 0 Å². The van der Waals surface area contributed by atoms with Crippen LogP contribution in [0.25, 0.3) is 0 Å². The van der Waals surface area contributed by atoms with Crippen LogP contribution in [0.4, 0.5) is 0 Å². The number of carbonyl (C=O) groups is 2. The molecule has 1 N–H and O–H groups in total. The summed E-state index contributed by atoms with van der Waals surface area (Å²) in [6.45, 7) is 0. The van der Waals surface area contributed by atoms with Crippen molar-refractivity contribution in [2.75, 3.05) is 0 Å². The van der Waals surface area contributed by atoms with Crippen LogP contribution in [0, 0.1) is 0 Å². The second-order valence-electron chi connectivity index (χ2n) is 4.42. The smallest absolute Gasteiger partial charge is 0.309 e. The molecule has 0 bridgehead atoms. The number of hydrogen-bond acceptors (Lipinski definition) is 3. The van der Waals surface area contributed by atoms with Gasteiger partial charge in [-0.05, 0) is 12.8 Å². The number of rotatable bonds is 3. The Bertz CT molecular complexity index is 251. The number of esters is 1. The molecule has 1 heterocycles. The molecular weight excluding hydrogens is 194 g/mol. The summed E-state index contributed by atoms with van der Waals surface area (Å²) < 4.78 is 4.80. The van der Waals surface area contributed by atoms with Crippen LogP contribution in [0.15, 0.2) is 0 Å².